The normalized spacial score (nSPS) is 19.4. The van der Waals surface area contributed by atoms with E-state index in [1.165, 1.54) is 12.1 Å². The fraction of sp³-hybridized carbons (Fsp3) is 0.538. The van der Waals surface area contributed by atoms with Crippen molar-refractivity contribution >= 4 is 5.69 Å². The molecular weight excluding hydrogens is 219 g/mol. The minimum Gasteiger partial charge on any atom is -0.394 e. The molecule has 1 aromatic carbocycles. The van der Waals surface area contributed by atoms with E-state index in [4.69, 9.17) is 0 Å². The van der Waals surface area contributed by atoms with Crippen molar-refractivity contribution in [2.24, 2.45) is 0 Å². The molecular formula is C13H19FN2O. The van der Waals surface area contributed by atoms with Crippen LogP contribution in [0.5, 0.6) is 0 Å². The number of hydrogen-bond acceptors (Lipinski definition) is 3. The SMILES string of the molecule is CNC1(CO)CCN(c2ccc(F)cc2)CC1. The van der Waals surface area contributed by atoms with Crippen LogP contribution in [0, 0.1) is 5.82 Å². The topological polar surface area (TPSA) is 35.5 Å². The third-order valence-electron chi connectivity index (χ3n) is 3.75. The fourth-order valence-electron chi connectivity index (χ4n) is 2.33. The van der Waals surface area contributed by atoms with Crippen LogP contribution in [-0.4, -0.2) is 37.4 Å². The number of likely N-dealkylation sites (N-methyl/N-ethyl adjacent to an activating group) is 1. The Morgan fingerprint density at radius 1 is 1.29 bits per heavy atom. The summed E-state index contributed by atoms with van der Waals surface area (Å²) in [4.78, 5) is 2.23. The standard InChI is InChI=1S/C13H19FN2O/c1-15-13(10-17)6-8-16(9-7-13)12-4-2-11(14)3-5-12/h2-5,15,17H,6-10H2,1H3. The number of halogens is 1. The summed E-state index contributed by atoms with van der Waals surface area (Å²) in [6, 6.07) is 6.59. The van der Waals surface area contributed by atoms with Gasteiger partial charge in [-0.2, -0.15) is 0 Å². The van der Waals surface area contributed by atoms with Crippen molar-refractivity contribution in [2.45, 2.75) is 18.4 Å². The Morgan fingerprint density at radius 3 is 2.35 bits per heavy atom. The van der Waals surface area contributed by atoms with E-state index in [2.05, 4.69) is 10.2 Å². The van der Waals surface area contributed by atoms with E-state index in [9.17, 15) is 9.50 Å². The van der Waals surface area contributed by atoms with Crippen molar-refractivity contribution < 1.29 is 9.50 Å². The first-order valence-corrected chi connectivity index (χ1v) is 5.99. The molecule has 4 heteroatoms. The molecule has 1 saturated heterocycles. The first-order chi connectivity index (χ1) is 8.19. The predicted octanol–water partition coefficient (Wildman–Crippen LogP) is 1.38. The number of nitrogens with zero attached hydrogens (tertiary/aromatic N) is 1. The highest BCUT2D eigenvalue weighted by Gasteiger charge is 2.32. The van der Waals surface area contributed by atoms with Gasteiger partial charge in [0.05, 0.1) is 6.61 Å². The highest BCUT2D eigenvalue weighted by Crippen LogP contribution is 2.25. The second-order valence-corrected chi connectivity index (χ2v) is 4.65. The van der Waals surface area contributed by atoms with Crippen LogP contribution in [0.1, 0.15) is 12.8 Å². The van der Waals surface area contributed by atoms with Gasteiger partial charge in [-0.05, 0) is 44.2 Å². The molecule has 0 unspecified atom stereocenters. The Hall–Kier alpha value is -1.13. The van der Waals surface area contributed by atoms with Crippen molar-refractivity contribution in [3.8, 4) is 0 Å². The number of piperidine rings is 1. The van der Waals surface area contributed by atoms with Gasteiger partial charge in [-0.1, -0.05) is 0 Å². The van der Waals surface area contributed by atoms with E-state index in [1.54, 1.807) is 12.1 Å². The van der Waals surface area contributed by atoms with Gasteiger partial charge in [0.25, 0.3) is 0 Å². The molecule has 17 heavy (non-hydrogen) atoms. The highest BCUT2D eigenvalue weighted by molar-refractivity contribution is 5.46. The van der Waals surface area contributed by atoms with E-state index in [0.717, 1.165) is 31.6 Å². The molecule has 0 bridgehead atoms. The summed E-state index contributed by atoms with van der Waals surface area (Å²) < 4.78 is 12.8. The molecule has 1 aromatic rings. The monoisotopic (exact) mass is 238 g/mol. The van der Waals surface area contributed by atoms with E-state index in [1.807, 2.05) is 7.05 Å². The molecule has 0 atom stereocenters. The number of benzene rings is 1. The first kappa shape index (κ1) is 12.3. The van der Waals surface area contributed by atoms with Crippen LogP contribution < -0.4 is 10.2 Å². The number of rotatable bonds is 3. The largest absolute Gasteiger partial charge is 0.394 e. The number of nitrogens with one attached hydrogen (secondary N) is 1. The molecule has 0 amide bonds. The third-order valence-corrected chi connectivity index (χ3v) is 3.75. The summed E-state index contributed by atoms with van der Waals surface area (Å²) in [6.45, 7) is 1.93. The fourth-order valence-corrected chi connectivity index (χ4v) is 2.33. The summed E-state index contributed by atoms with van der Waals surface area (Å²) in [5.74, 6) is -0.203. The Labute approximate surface area is 101 Å². The molecule has 3 nitrogen and oxygen atoms in total. The van der Waals surface area contributed by atoms with Gasteiger partial charge < -0.3 is 15.3 Å². The van der Waals surface area contributed by atoms with Crippen LogP contribution in [0.25, 0.3) is 0 Å². The van der Waals surface area contributed by atoms with Crippen LogP contribution in [0.15, 0.2) is 24.3 Å². The summed E-state index contributed by atoms with van der Waals surface area (Å²) in [5, 5.41) is 12.6. The average Bonchev–Trinajstić information content (AvgIpc) is 2.40. The van der Waals surface area contributed by atoms with Crippen molar-refractivity contribution in [1.82, 2.24) is 5.32 Å². The molecule has 0 aromatic heterocycles. The zero-order valence-electron chi connectivity index (χ0n) is 10.1. The van der Waals surface area contributed by atoms with Gasteiger partial charge in [0, 0.05) is 24.3 Å². The molecule has 1 aliphatic heterocycles. The maximum absolute atomic E-state index is 12.8. The minimum atomic E-state index is -0.203. The lowest BCUT2D eigenvalue weighted by atomic mass is 9.88. The summed E-state index contributed by atoms with van der Waals surface area (Å²) in [7, 11) is 1.89. The molecule has 0 radical (unpaired) electrons. The van der Waals surface area contributed by atoms with Crippen LogP contribution in [0.2, 0.25) is 0 Å². The van der Waals surface area contributed by atoms with Gasteiger partial charge >= 0.3 is 0 Å². The van der Waals surface area contributed by atoms with Gasteiger partial charge in [0.1, 0.15) is 5.82 Å². The van der Waals surface area contributed by atoms with Crippen LogP contribution in [0.4, 0.5) is 10.1 Å². The maximum Gasteiger partial charge on any atom is 0.123 e. The number of anilines is 1. The van der Waals surface area contributed by atoms with Gasteiger partial charge in [0.2, 0.25) is 0 Å². The van der Waals surface area contributed by atoms with E-state index < -0.39 is 0 Å². The highest BCUT2D eigenvalue weighted by atomic mass is 19.1. The Morgan fingerprint density at radius 2 is 1.88 bits per heavy atom. The van der Waals surface area contributed by atoms with Gasteiger partial charge in [0.15, 0.2) is 0 Å². The summed E-state index contributed by atoms with van der Waals surface area (Å²) in [5.41, 5.74) is 0.908. The molecule has 2 rings (SSSR count). The minimum absolute atomic E-state index is 0.142. The lowest BCUT2D eigenvalue weighted by Gasteiger charge is -2.41. The van der Waals surface area contributed by atoms with Crippen molar-refractivity contribution in [3.63, 3.8) is 0 Å². The zero-order valence-corrected chi connectivity index (χ0v) is 10.1. The molecule has 0 spiro atoms. The molecule has 1 fully saturated rings. The quantitative estimate of drug-likeness (QED) is 0.835. The lowest BCUT2D eigenvalue weighted by Crippen LogP contribution is -2.54. The summed E-state index contributed by atoms with van der Waals surface area (Å²) >= 11 is 0. The van der Waals surface area contributed by atoms with Gasteiger partial charge in [-0.25, -0.2) is 4.39 Å². The van der Waals surface area contributed by atoms with Crippen molar-refractivity contribution in [2.75, 3.05) is 31.6 Å². The van der Waals surface area contributed by atoms with Crippen LogP contribution in [0.3, 0.4) is 0 Å². The second kappa shape index (κ2) is 5.02. The van der Waals surface area contributed by atoms with Crippen LogP contribution in [-0.2, 0) is 0 Å². The first-order valence-electron chi connectivity index (χ1n) is 5.99. The van der Waals surface area contributed by atoms with Crippen LogP contribution >= 0.6 is 0 Å². The third kappa shape index (κ3) is 2.58. The average molecular weight is 238 g/mol. The Bertz CT molecular complexity index is 352. The maximum atomic E-state index is 12.8. The van der Waals surface area contributed by atoms with E-state index in [0.29, 0.717) is 0 Å². The Balaban J connectivity index is 2.01. The van der Waals surface area contributed by atoms with E-state index in [-0.39, 0.29) is 18.0 Å². The van der Waals surface area contributed by atoms with Gasteiger partial charge in [-0.3, -0.25) is 0 Å². The summed E-state index contributed by atoms with van der Waals surface area (Å²) in [6.07, 6.45) is 1.80. The molecule has 1 heterocycles. The Kier molecular flexibility index (Phi) is 3.64. The zero-order chi connectivity index (χ0) is 12.3. The van der Waals surface area contributed by atoms with Crippen molar-refractivity contribution in [1.29, 1.82) is 0 Å². The second-order valence-electron chi connectivity index (χ2n) is 4.65. The predicted molar refractivity (Wildman–Crippen MR) is 66.7 cm³/mol. The molecule has 0 saturated carbocycles. The smallest absolute Gasteiger partial charge is 0.123 e. The van der Waals surface area contributed by atoms with Gasteiger partial charge in [-0.15, -0.1) is 0 Å². The molecule has 94 valence electrons. The van der Waals surface area contributed by atoms with Crippen molar-refractivity contribution in [3.05, 3.63) is 30.1 Å². The molecule has 0 aliphatic carbocycles. The number of aliphatic hydroxyl groups is 1. The molecule has 2 N–H and O–H groups in total. The van der Waals surface area contributed by atoms with E-state index >= 15 is 0 Å². The molecule has 1 aliphatic rings. The lowest BCUT2D eigenvalue weighted by molar-refractivity contribution is 0.142. The number of hydrogen-bond donors (Lipinski definition) is 2. The number of aliphatic hydroxyl groups excluding tert-OH is 1.